The molecule has 0 aliphatic heterocycles. The number of benzene rings is 1. The van der Waals surface area contributed by atoms with Crippen molar-refractivity contribution < 1.29 is 34.7 Å². The van der Waals surface area contributed by atoms with Gasteiger partial charge in [-0.05, 0) is 5.56 Å². The van der Waals surface area contributed by atoms with E-state index < -0.39 is 5.72 Å². The summed E-state index contributed by atoms with van der Waals surface area (Å²) in [5, 5.41) is 17.8. The second-order valence-electron chi connectivity index (χ2n) is 3.60. The van der Waals surface area contributed by atoms with E-state index in [0.29, 0.717) is 5.56 Å². The predicted molar refractivity (Wildman–Crippen MR) is 64.2 cm³/mol. The van der Waals surface area contributed by atoms with Gasteiger partial charge in [-0.1, -0.05) is 50.4 Å². The Labute approximate surface area is 124 Å². The molecule has 0 fully saturated rings. The molecule has 1 atom stereocenters. The molecule has 0 saturated heterocycles. The van der Waals surface area contributed by atoms with Gasteiger partial charge >= 0.3 is 29.6 Å². The number of aliphatic hydroxyl groups is 1. The van der Waals surface area contributed by atoms with E-state index in [1.807, 2.05) is 32.0 Å². The van der Waals surface area contributed by atoms with Gasteiger partial charge in [0.25, 0.3) is 0 Å². The topological polar surface area (TPSA) is 57.3 Å². The van der Waals surface area contributed by atoms with Crippen molar-refractivity contribution in [3.63, 3.8) is 0 Å². The second-order valence-corrected chi connectivity index (χ2v) is 3.60. The summed E-state index contributed by atoms with van der Waals surface area (Å²) in [4.78, 5) is 4.08. The molecule has 0 amide bonds. The molecule has 1 rings (SSSR count). The van der Waals surface area contributed by atoms with Crippen LogP contribution in [-0.4, -0.2) is 18.4 Å². The van der Waals surface area contributed by atoms with E-state index in [0.717, 1.165) is 6.04 Å². The van der Waals surface area contributed by atoms with Gasteiger partial charge in [-0.15, -0.1) is 6.04 Å². The molecular weight excluding hydrogens is 225 g/mol. The molecule has 4 nitrogen and oxygen atoms in total. The Balaban J connectivity index is 0.00000256. The molecule has 0 radical (unpaired) electrons. The smallest absolute Gasteiger partial charge is 0.450 e. The number of hydrogen-bond donors (Lipinski definition) is 1. The molecule has 1 aromatic carbocycles. The fraction of sp³-hybridized carbons (Fsp3) is 0.333. The van der Waals surface area contributed by atoms with Gasteiger partial charge in [0.15, 0.2) is 5.72 Å². The maximum absolute atomic E-state index is 10.3. The van der Waals surface area contributed by atoms with Crippen LogP contribution in [0.25, 0.3) is 0 Å². The van der Waals surface area contributed by atoms with Crippen molar-refractivity contribution in [3.05, 3.63) is 41.9 Å². The average Bonchev–Trinajstić information content (AvgIpc) is 2.28. The normalized spacial score (nSPS) is 14.6. The fourth-order valence-electron chi connectivity index (χ4n) is 1.21. The van der Waals surface area contributed by atoms with E-state index in [2.05, 4.69) is 15.2 Å². The van der Waals surface area contributed by atoms with Gasteiger partial charge in [0, 0.05) is 7.05 Å². The second kappa shape index (κ2) is 7.61. The molecule has 1 unspecified atom stereocenters. The SMILES string of the molecule is CN=NC(O)(C=N[C-](C)C)c1ccccc1.[Na+]. The van der Waals surface area contributed by atoms with Crippen LogP contribution in [0.2, 0.25) is 0 Å². The molecule has 17 heavy (non-hydrogen) atoms. The molecule has 0 spiro atoms. The number of hydrogen-bond acceptors (Lipinski definition) is 4. The third-order valence-electron chi connectivity index (χ3n) is 1.95. The molecular formula is C12H16N3NaO. The van der Waals surface area contributed by atoms with Crippen molar-refractivity contribution in [1.82, 2.24) is 0 Å². The minimum atomic E-state index is -1.48. The molecule has 0 aromatic heterocycles. The quantitative estimate of drug-likeness (QED) is 0.330. The van der Waals surface area contributed by atoms with Crippen LogP contribution in [0.3, 0.4) is 0 Å². The molecule has 0 saturated carbocycles. The van der Waals surface area contributed by atoms with Crippen LogP contribution in [0.15, 0.2) is 45.6 Å². The van der Waals surface area contributed by atoms with Crippen molar-refractivity contribution in [2.75, 3.05) is 7.05 Å². The first-order valence-corrected chi connectivity index (χ1v) is 5.03. The van der Waals surface area contributed by atoms with Gasteiger partial charge in [0.05, 0.1) is 0 Å². The van der Waals surface area contributed by atoms with Gasteiger partial charge in [-0.3, -0.25) is 0 Å². The Morgan fingerprint density at radius 1 is 1.24 bits per heavy atom. The van der Waals surface area contributed by atoms with Crippen LogP contribution >= 0.6 is 0 Å². The molecule has 0 aliphatic rings. The Morgan fingerprint density at radius 2 is 1.82 bits per heavy atom. The van der Waals surface area contributed by atoms with Crippen LogP contribution in [0.5, 0.6) is 0 Å². The first kappa shape index (κ1) is 16.3. The molecule has 86 valence electrons. The third-order valence-corrected chi connectivity index (χ3v) is 1.95. The van der Waals surface area contributed by atoms with E-state index in [1.54, 1.807) is 12.1 Å². The summed E-state index contributed by atoms with van der Waals surface area (Å²) in [6.45, 7) is 3.70. The van der Waals surface area contributed by atoms with Crippen LogP contribution in [0.4, 0.5) is 0 Å². The summed E-state index contributed by atoms with van der Waals surface area (Å²) in [5.74, 6) is 0. The van der Waals surface area contributed by atoms with Crippen molar-refractivity contribution in [2.45, 2.75) is 19.6 Å². The van der Waals surface area contributed by atoms with Crippen LogP contribution in [0, 0.1) is 6.04 Å². The number of azo groups is 1. The van der Waals surface area contributed by atoms with E-state index in [1.165, 1.54) is 13.3 Å². The average molecular weight is 241 g/mol. The largest absolute Gasteiger partial charge is 1.00 e. The number of nitrogens with zero attached hydrogens (tertiary/aromatic N) is 3. The summed E-state index contributed by atoms with van der Waals surface area (Å²) in [6, 6.07) is 9.96. The standard InChI is InChI=1S/C12H16N3O.Na/c1-10(2)14-9-12(16,15-13-3)11-7-5-4-6-8-11;/h4-9,16H,1-3H3;/q-1;+1. The van der Waals surface area contributed by atoms with Crippen LogP contribution in [0.1, 0.15) is 19.4 Å². The monoisotopic (exact) mass is 241 g/mol. The van der Waals surface area contributed by atoms with E-state index in [-0.39, 0.29) is 29.6 Å². The molecule has 1 N–H and O–H groups in total. The Hall–Kier alpha value is -0.680. The van der Waals surface area contributed by atoms with Gasteiger partial charge in [-0.2, -0.15) is 10.2 Å². The van der Waals surface area contributed by atoms with E-state index in [4.69, 9.17) is 0 Å². The van der Waals surface area contributed by atoms with Crippen LogP contribution < -0.4 is 29.6 Å². The minimum absolute atomic E-state index is 0. The Morgan fingerprint density at radius 3 is 2.29 bits per heavy atom. The maximum atomic E-state index is 10.3. The van der Waals surface area contributed by atoms with Gasteiger partial charge in [0.1, 0.15) is 0 Å². The molecule has 1 aromatic rings. The van der Waals surface area contributed by atoms with Crippen molar-refractivity contribution in [1.29, 1.82) is 0 Å². The first-order chi connectivity index (χ1) is 7.58. The van der Waals surface area contributed by atoms with Crippen molar-refractivity contribution in [3.8, 4) is 0 Å². The minimum Gasteiger partial charge on any atom is -0.450 e. The van der Waals surface area contributed by atoms with Crippen molar-refractivity contribution in [2.24, 2.45) is 15.2 Å². The predicted octanol–water partition coefficient (Wildman–Crippen LogP) is -0.440. The maximum Gasteiger partial charge on any atom is 1.00 e. The van der Waals surface area contributed by atoms with E-state index in [9.17, 15) is 5.11 Å². The molecule has 0 bridgehead atoms. The van der Waals surface area contributed by atoms with E-state index >= 15 is 0 Å². The van der Waals surface area contributed by atoms with Gasteiger partial charge < -0.3 is 10.1 Å². The zero-order valence-corrected chi connectivity index (χ0v) is 12.8. The Kier molecular flexibility index (Phi) is 7.30. The summed E-state index contributed by atoms with van der Waals surface area (Å²) in [6.07, 6.45) is 1.39. The molecule has 5 heteroatoms. The molecule has 0 aliphatic carbocycles. The van der Waals surface area contributed by atoms with Gasteiger partial charge in [-0.25, -0.2) is 0 Å². The fourth-order valence-corrected chi connectivity index (χ4v) is 1.21. The third kappa shape index (κ3) is 5.00. The zero-order valence-electron chi connectivity index (χ0n) is 10.8. The number of aliphatic imine (C=N–C) groups is 1. The summed E-state index contributed by atoms with van der Waals surface area (Å²) in [5.41, 5.74) is -0.835. The number of rotatable bonds is 4. The Bertz CT molecular complexity index is 379. The first-order valence-electron chi connectivity index (χ1n) is 5.03. The zero-order chi connectivity index (χ0) is 12.0. The van der Waals surface area contributed by atoms with Crippen molar-refractivity contribution >= 4 is 6.21 Å². The van der Waals surface area contributed by atoms with Gasteiger partial charge in [0.2, 0.25) is 0 Å². The summed E-state index contributed by atoms with van der Waals surface area (Å²) < 4.78 is 0. The molecule has 0 heterocycles. The summed E-state index contributed by atoms with van der Waals surface area (Å²) in [7, 11) is 1.52. The summed E-state index contributed by atoms with van der Waals surface area (Å²) >= 11 is 0. The van der Waals surface area contributed by atoms with Crippen LogP contribution in [-0.2, 0) is 5.72 Å².